The second kappa shape index (κ2) is 10.2. The number of nitrogens with one attached hydrogen (secondary N) is 1. The molecule has 2 aromatic carbocycles. The van der Waals surface area contributed by atoms with Gasteiger partial charge >= 0.3 is 0 Å². The Labute approximate surface area is 186 Å². The maximum atomic E-state index is 14.1. The first-order chi connectivity index (χ1) is 15.6. The van der Waals surface area contributed by atoms with E-state index in [9.17, 15) is 8.78 Å². The molecule has 1 aliphatic rings. The van der Waals surface area contributed by atoms with Crippen molar-refractivity contribution >= 4 is 11.6 Å². The number of hydrogen-bond acceptors (Lipinski definition) is 4. The molecule has 3 aromatic rings. The van der Waals surface area contributed by atoms with Gasteiger partial charge in [0.2, 0.25) is 0 Å². The Hall–Kier alpha value is -3.49. The molecule has 1 fully saturated rings. The topological polar surface area (TPSA) is 61.6 Å². The zero-order valence-corrected chi connectivity index (χ0v) is 18.1. The van der Waals surface area contributed by atoms with Crippen LogP contribution in [-0.2, 0) is 13.1 Å². The minimum atomic E-state index is -0.426. The third-order valence-electron chi connectivity index (χ3n) is 5.38. The Morgan fingerprint density at radius 2 is 1.88 bits per heavy atom. The van der Waals surface area contributed by atoms with Gasteiger partial charge in [-0.2, -0.15) is 5.10 Å². The highest BCUT2D eigenvalue weighted by atomic mass is 19.1. The maximum absolute atomic E-state index is 14.1. The number of hydrogen-bond donors (Lipinski definition) is 1. The molecule has 1 aliphatic heterocycles. The standard InChI is InChI=1S/C23H27F2N7/c1-2-27-23(28-14-18-4-3-5-19(12-18)15-32-17-26-16-29-32)31-10-8-30(9-11-31)22-13-20(24)6-7-21(22)25/h3-7,12-13,16-17H,2,8-11,14-15H2,1H3,(H,27,28). The number of guanidine groups is 1. The fourth-order valence-electron chi connectivity index (χ4n) is 3.81. The third kappa shape index (κ3) is 5.40. The summed E-state index contributed by atoms with van der Waals surface area (Å²) < 4.78 is 29.5. The lowest BCUT2D eigenvalue weighted by Crippen LogP contribution is -2.52. The highest BCUT2D eigenvalue weighted by Crippen LogP contribution is 2.22. The van der Waals surface area contributed by atoms with E-state index in [1.54, 1.807) is 11.0 Å². The number of aromatic nitrogens is 3. The van der Waals surface area contributed by atoms with Crippen molar-refractivity contribution in [3.8, 4) is 0 Å². The van der Waals surface area contributed by atoms with Crippen molar-refractivity contribution in [3.63, 3.8) is 0 Å². The number of benzene rings is 2. The van der Waals surface area contributed by atoms with E-state index >= 15 is 0 Å². The van der Waals surface area contributed by atoms with Crippen molar-refractivity contribution in [2.75, 3.05) is 37.6 Å². The number of rotatable bonds is 6. The lowest BCUT2D eigenvalue weighted by Gasteiger charge is -2.37. The lowest BCUT2D eigenvalue weighted by atomic mass is 10.1. The van der Waals surface area contributed by atoms with Gasteiger partial charge < -0.3 is 15.1 Å². The summed E-state index contributed by atoms with van der Waals surface area (Å²) in [5, 5.41) is 7.50. The van der Waals surface area contributed by atoms with Crippen LogP contribution in [0.2, 0.25) is 0 Å². The molecule has 0 atom stereocenters. The first kappa shape index (κ1) is 21.7. The fraction of sp³-hybridized carbons (Fsp3) is 0.348. The van der Waals surface area contributed by atoms with Crippen molar-refractivity contribution in [3.05, 3.63) is 77.9 Å². The smallest absolute Gasteiger partial charge is 0.194 e. The normalized spacial score (nSPS) is 14.7. The van der Waals surface area contributed by atoms with Crippen LogP contribution in [0.25, 0.3) is 0 Å². The molecule has 1 aromatic heterocycles. The molecule has 2 heterocycles. The highest BCUT2D eigenvalue weighted by molar-refractivity contribution is 5.80. The van der Waals surface area contributed by atoms with Crippen LogP contribution >= 0.6 is 0 Å². The Balaban J connectivity index is 1.40. The summed E-state index contributed by atoms with van der Waals surface area (Å²) in [4.78, 5) is 12.8. The molecule has 0 unspecified atom stereocenters. The number of piperazine rings is 1. The van der Waals surface area contributed by atoms with Gasteiger partial charge in [-0.15, -0.1) is 0 Å². The van der Waals surface area contributed by atoms with Gasteiger partial charge in [0.05, 0.1) is 18.8 Å². The van der Waals surface area contributed by atoms with E-state index in [-0.39, 0.29) is 0 Å². The van der Waals surface area contributed by atoms with Crippen molar-refractivity contribution in [1.29, 1.82) is 0 Å². The molecule has 32 heavy (non-hydrogen) atoms. The number of nitrogens with zero attached hydrogens (tertiary/aromatic N) is 6. The molecule has 7 nitrogen and oxygen atoms in total. The Morgan fingerprint density at radius 1 is 1.06 bits per heavy atom. The molecular weight excluding hydrogens is 412 g/mol. The van der Waals surface area contributed by atoms with Crippen molar-refractivity contribution in [1.82, 2.24) is 25.0 Å². The second-order valence-electron chi connectivity index (χ2n) is 7.65. The van der Waals surface area contributed by atoms with Gasteiger partial charge in [-0.05, 0) is 30.2 Å². The van der Waals surface area contributed by atoms with Gasteiger partial charge in [-0.25, -0.2) is 23.4 Å². The van der Waals surface area contributed by atoms with E-state index in [0.29, 0.717) is 45.0 Å². The molecular formula is C23H27F2N7. The van der Waals surface area contributed by atoms with Crippen LogP contribution in [0.5, 0.6) is 0 Å². The van der Waals surface area contributed by atoms with Crippen molar-refractivity contribution < 1.29 is 8.78 Å². The summed E-state index contributed by atoms with van der Waals surface area (Å²) in [5.41, 5.74) is 2.56. The molecule has 0 bridgehead atoms. The number of halogens is 2. The summed E-state index contributed by atoms with van der Waals surface area (Å²) in [5.74, 6) is 0.00419. The molecule has 4 rings (SSSR count). The SMILES string of the molecule is CCNC(=NCc1cccc(Cn2cncn2)c1)N1CCN(c2cc(F)ccc2F)CC1. The summed E-state index contributed by atoms with van der Waals surface area (Å²) >= 11 is 0. The monoisotopic (exact) mass is 439 g/mol. The predicted octanol–water partition coefficient (Wildman–Crippen LogP) is 2.89. The van der Waals surface area contributed by atoms with Crippen LogP contribution in [0.3, 0.4) is 0 Å². The Kier molecular flexibility index (Phi) is 6.94. The Morgan fingerprint density at radius 3 is 2.62 bits per heavy atom. The molecule has 0 spiro atoms. The zero-order valence-electron chi connectivity index (χ0n) is 18.1. The molecule has 1 saturated heterocycles. The number of aliphatic imine (C=N–C) groups is 1. The molecule has 168 valence electrons. The van der Waals surface area contributed by atoms with Gasteiger partial charge in [0, 0.05) is 38.8 Å². The predicted molar refractivity (Wildman–Crippen MR) is 121 cm³/mol. The highest BCUT2D eigenvalue weighted by Gasteiger charge is 2.22. The minimum absolute atomic E-state index is 0.316. The second-order valence-corrected chi connectivity index (χ2v) is 7.65. The van der Waals surface area contributed by atoms with E-state index in [1.807, 2.05) is 17.9 Å². The van der Waals surface area contributed by atoms with Crippen LogP contribution in [0.4, 0.5) is 14.5 Å². The van der Waals surface area contributed by atoms with Crippen LogP contribution in [0.1, 0.15) is 18.1 Å². The minimum Gasteiger partial charge on any atom is -0.366 e. The molecule has 9 heteroatoms. The molecule has 1 N–H and O–H groups in total. The lowest BCUT2D eigenvalue weighted by molar-refractivity contribution is 0.370. The average Bonchev–Trinajstić information content (AvgIpc) is 3.32. The van der Waals surface area contributed by atoms with Gasteiger partial charge in [-0.3, -0.25) is 0 Å². The van der Waals surface area contributed by atoms with E-state index in [0.717, 1.165) is 29.7 Å². The molecule has 0 amide bonds. The summed E-state index contributed by atoms with van der Waals surface area (Å²) in [6.07, 6.45) is 3.22. The van der Waals surface area contributed by atoms with E-state index in [4.69, 9.17) is 4.99 Å². The van der Waals surface area contributed by atoms with E-state index < -0.39 is 11.6 Å². The van der Waals surface area contributed by atoms with E-state index in [1.165, 1.54) is 18.5 Å². The van der Waals surface area contributed by atoms with Gasteiger partial charge in [0.25, 0.3) is 0 Å². The summed E-state index contributed by atoms with van der Waals surface area (Å²) in [7, 11) is 0. The van der Waals surface area contributed by atoms with Crippen LogP contribution < -0.4 is 10.2 Å². The van der Waals surface area contributed by atoms with E-state index in [2.05, 4.69) is 38.5 Å². The van der Waals surface area contributed by atoms with Crippen LogP contribution in [0.15, 0.2) is 60.1 Å². The molecule has 0 aliphatic carbocycles. The van der Waals surface area contributed by atoms with Crippen LogP contribution in [0, 0.1) is 11.6 Å². The summed E-state index contributed by atoms with van der Waals surface area (Å²) in [6, 6.07) is 11.9. The molecule has 0 radical (unpaired) electrons. The zero-order chi connectivity index (χ0) is 22.3. The largest absolute Gasteiger partial charge is 0.366 e. The third-order valence-corrected chi connectivity index (χ3v) is 5.38. The number of anilines is 1. The fourth-order valence-corrected chi connectivity index (χ4v) is 3.81. The van der Waals surface area contributed by atoms with Crippen molar-refractivity contribution in [2.24, 2.45) is 4.99 Å². The summed E-state index contributed by atoms with van der Waals surface area (Å²) in [6.45, 7) is 6.54. The molecule has 0 saturated carbocycles. The van der Waals surface area contributed by atoms with Gasteiger partial charge in [0.1, 0.15) is 24.3 Å². The van der Waals surface area contributed by atoms with Gasteiger partial charge in [0.15, 0.2) is 5.96 Å². The first-order valence-corrected chi connectivity index (χ1v) is 10.8. The Bertz CT molecular complexity index is 1040. The maximum Gasteiger partial charge on any atom is 0.194 e. The first-order valence-electron chi connectivity index (χ1n) is 10.8. The quantitative estimate of drug-likeness (QED) is 0.473. The average molecular weight is 440 g/mol. The van der Waals surface area contributed by atoms with Gasteiger partial charge in [-0.1, -0.05) is 24.3 Å². The van der Waals surface area contributed by atoms with Crippen molar-refractivity contribution in [2.45, 2.75) is 20.0 Å². The van der Waals surface area contributed by atoms with Crippen LogP contribution in [-0.4, -0.2) is 58.3 Å².